The number of ketones is 2. The zero-order chi connectivity index (χ0) is 22.8. The minimum absolute atomic E-state index is 0.0355. The first-order valence-corrected chi connectivity index (χ1v) is 11.2. The summed E-state index contributed by atoms with van der Waals surface area (Å²) in [6.45, 7) is 4.74. The third kappa shape index (κ3) is 7.18. The minimum atomic E-state index is -0.595. The van der Waals surface area contributed by atoms with Crippen LogP contribution in [0.4, 0.5) is 0 Å². The fraction of sp³-hybridized carbons (Fsp3) is 0.462. The maximum Gasteiger partial charge on any atom is 0.168 e. The zero-order valence-corrected chi connectivity index (χ0v) is 18.9. The summed E-state index contributed by atoms with van der Waals surface area (Å²) in [5.41, 5.74) is 1.33. The van der Waals surface area contributed by atoms with Crippen LogP contribution in [-0.2, 0) is 9.47 Å². The predicted molar refractivity (Wildman–Crippen MR) is 122 cm³/mol. The molecule has 0 spiro atoms. The molecule has 32 heavy (non-hydrogen) atoms. The van der Waals surface area contributed by atoms with Crippen LogP contribution in [0, 0.1) is 0 Å². The van der Waals surface area contributed by atoms with E-state index in [0.717, 1.165) is 25.7 Å². The van der Waals surface area contributed by atoms with Crippen LogP contribution in [0.5, 0.6) is 11.5 Å². The number of carbonyl (C=O) groups is 2. The lowest BCUT2D eigenvalue weighted by Crippen LogP contribution is -2.40. The lowest BCUT2D eigenvalue weighted by Gasteiger charge is -2.37. The van der Waals surface area contributed by atoms with Crippen LogP contribution < -0.4 is 9.47 Å². The van der Waals surface area contributed by atoms with Gasteiger partial charge < -0.3 is 18.9 Å². The topological polar surface area (TPSA) is 71.1 Å². The average Bonchev–Trinajstić information content (AvgIpc) is 2.81. The van der Waals surface area contributed by atoms with Crippen LogP contribution in [0.2, 0.25) is 0 Å². The van der Waals surface area contributed by atoms with Gasteiger partial charge in [-0.2, -0.15) is 0 Å². The average molecular weight is 441 g/mol. The van der Waals surface area contributed by atoms with Crippen LogP contribution in [-0.4, -0.2) is 43.8 Å². The number of Topliss-reactive ketones (excluding diaryl/α,β-unsaturated/α-hetero) is 2. The molecule has 1 aliphatic carbocycles. The maximum atomic E-state index is 11.4. The number of benzene rings is 2. The standard InChI is InChI=1S/C26H32O6/c1-20(27)22-6-10-24(11-7-22)29-16-18-31-26(14-4-3-5-15-26)32-19-17-30-25-12-8-23(9-13-25)21(2)28/h6-13H,3-5,14-19H2,1-2H3. The molecule has 172 valence electrons. The van der Waals surface area contributed by atoms with Gasteiger partial charge in [0.05, 0.1) is 13.2 Å². The van der Waals surface area contributed by atoms with Gasteiger partial charge in [0.2, 0.25) is 0 Å². The predicted octanol–water partition coefficient (Wildman–Crippen LogP) is 5.24. The molecule has 1 saturated carbocycles. The normalized spacial score (nSPS) is 15.2. The Morgan fingerprint density at radius 1 is 0.656 bits per heavy atom. The van der Waals surface area contributed by atoms with Crippen molar-refractivity contribution in [3.05, 3.63) is 59.7 Å². The molecule has 1 aliphatic rings. The lowest BCUT2D eigenvalue weighted by atomic mass is 9.94. The van der Waals surface area contributed by atoms with Gasteiger partial charge in [-0.15, -0.1) is 0 Å². The van der Waals surface area contributed by atoms with E-state index >= 15 is 0 Å². The summed E-state index contributed by atoms with van der Waals surface area (Å²) in [6, 6.07) is 14.2. The van der Waals surface area contributed by atoms with Crippen LogP contribution in [0.25, 0.3) is 0 Å². The van der Waals surface area contributed by atoms with Gasteiger partial charge in [0.15, 0.2) is 17.4 Å². The van der Waals surface area contributed by atoms with E-state index < -0.39 is 5.79 Å². The van der Waals surface area contributed by atoms with E-state index in [9.17, 15) is 9.59 Å². The number of rotatable bonds is 12. The molecule has 2 aromatic carbocycles. The Hall–Kier alpha value is -2.70. The molecule has 6 nitrogen and oxygen atoms in total. The second-order valence-electron chi connectivity index (χ2n) is 8.03. The Labute approximate surface area is 189 Å². The van der Waals surface area contributed by atoms with E-state index in [-0.39, 0.29) is 11.6 Å². The number of hydrogen-bond acceptors (Lipinski definition) is 6. The summed E-state index contributed by atoms with van der Waals surface area (Å²) in [7, 11) is 0. The van der Waals surface area contributed by atoms with Gasteiger partial charge in [-0.3, -0.25) is 9.59 Å². The molecule has 0 heterocycles. The van der Waals surface area contributed by atoms with E-state index in [1.165, 1.54) is 6.42 Å². The van der Waals surface area contributed by atoms with Crippen molar-refractivity contribution in [2.24, 2.45) is 0 Å². The van der Waals surface area contributed by atoms with E-state index in [0.29, 0.717) is 49.1 Å². The van der Waals surface area contributed by atoms with E-state index in [4.69, 9.17) is 18.9 Å². The van der Waals surface area contributed by atoms with Gasteiger partial charge in [0, 0.05) is 24.0 Å². The Bertz CT molecular complexity index is 799. The van der Waals surface area contributed by atoms with Gasteiger partial charge in [-0.1, -0.05) is 6.42 Å². The van der Waals surface area contributed by atoms with Gasteiger partial charge in [-0.05, 0) is 75.2 Å². The molecule has 0 N–H and O–H groups in total. The van der Waals surface area contributed by atoms with Gasteiger partial charge in [0.25, 0.3) is 0 Å². The van der Waals surface area contributed by atoms with Crippen molar-refractivity contribution in [1.82, 2.24) is 0 Å². The molecule has 0 unspecified atom stereocenters. The highest BCUT2D eigenvalue weighted by Crippen LogP contribution is 2.32. The molecule has 0 radical (unpaired) electrons. The Kier molecular flexibility index (Phi) is 8.82. The van der Waals surface area contributed by atoms with Crippen molar-refractivity contribution in [3.63, 3.8) is 0 Å². The highest BCUT2D eigenvalue weighted by molar-refractivity contribution is 5.94. The molecule has 0 bridgehead atoms. The largest absolute Gasteiger partial charge is 0.491 e. The van der Waals surface area contributed by atoms with Crippen LogP contribution in [0.1, 0.15) is 66.7 Å². The summed E-state index contributed by atoms with van der Waals surface area (Å²) >= 11 is 0. The van der Waals surface area contributed by atoms with E-state index in [1.54, 1.807) is 62.4 Å². The fourth-order valence-corrected chi connectivity index (χ4v) is 3.77. The maximum absolute atomic E-state index is 11.4. The van der Waals surface area contributed by atoms with Crippen LogP contribution in [0.15, 0.2) is 48.5 Å². The highest BCUT2D eigenvalue weighted by Gasteiger charge is 2.34. The smallest absolute Gasteiger partial charge is 0.168 e. The summed E-state index contributed by atoms with van der Waals surface area (Å²) in [6.07, 6.45) is 5.04. The summed E-state index contributed by atoms with van der Waals surface area (Å²) in [4.78, 5) is 22.7. The molecule has 3 rings (SSSR count). The van der Waals surface area contributed by atoms with Crippen molar-refractivity contribution in [1.29, 1.82) is 0 Å². The molecular formula is C26H32O6. The van der Waals surface area contributed by atoms with Crippen molar-refractivity contribution >= 4 is 11.6 Å². The van der Waals surface area contributed by atoms with Gasteiger partial charge in [-0.25, -0.2) is 0 Å². The van der Waals surface area contributed by atoms with Crippen molar-refractivity contribution in [2.75, 3.05) is 26.4 Å². The molecule has 0 aliphatic heterocycles. The Balaban J connectivity index is 1.42. The molecule has 1 fully saturated rings. The van der Waals surface area contributed by atoms with Crippen molar-refractivity contribution in [3.8, 4) is 11.5 Å². The number of hydrogen-bond donors (Lipinski definition) is 0. The summed E-state index contributed by atoms with van der Waals surface area (Å²) in [5, 5.41) is 0. The quantitative estimate of drug-likeness (QED) is 0.255. The molecule has 0 amide bonds. The first-order chi connectivity index (χ1) is 15.5. The SMILES string of the molecule is CC(=O)c1ccc(OCCOC2(OCCOc3ccc(C(C)=O)cc3)CCCCC2)cc1. The first-order valence-electron chi connectivity index (χ1n) is 11.2. The third-order valence-corrected chi connectivity index (χ3v) is 5.57. The second kappa shape index (κ2) is 11.8. The van der Waals surface area contributed by atoms with Crippen molar-refractivity contribution in [2.45, 2.75) is 51.7 Å². The molecule has 0 saturated heterocycles. The second-order valence-corrected chi connectivity index (χ2v) is 8.03. The molecular weight excluding hydrogens is 408 g/mol. The first kappa shape index (κ1) is 24.0. The number of carbonyl (C=O) groups excluding carboxylic acids is 2. The monoisotopic (exact) mass is 440 g/mol. The van der Waals surface area contributed by atoms with Crippen molar-refractivity contribution < 1.29 is 28.5 Å². The Morgan fingerprint density at radius 2 is 1.06 bits per heavy atom. The lowest BCUT2D eigenvalue weighted by molar-refractivity contribution is -0.256. The van der Waals surface area contributed by atoms with Crippen LogP contribution in [0.3, 0.4) is 0 Å². The number of ether oxygens (including phenoxy) is 4. The molecule has 0 atom stereocenters. The molecule has 2 aromatic rings. The van der Waals surface area contributed by atoms with Gasteiger partial charge in [0.1, 0.15) is 24.7 Å². The van der Waals surface area contributed by atoms with E-state index in [2.05, 4.69) is 0 Å². The summed E-state index contributed by atoms with van der Waals surface area (Å²) < 4.78 is 23.8. The molecule has 0 aromatic heterocycles. The third-order valence-electron chi connectivity index (χ3n) is 5.57. The Morgan fingerprint density at radius 3 is 1.44 bits per heavy atom. The van der Waals surface area contributed by atoms with E-state index in [1.807, 2.05) is 0 Å². The minimum Gasteiger partial charge on any atom is -0.491 e. The highest BCUT2D eigenvalue weighted by atomic mass is 16.7. The zero-order valence-electron chi connectivity index (χ0n) is 18.9. The fourth-order valence-electron chi connectivity index (χ4n) is 3.77. The molecule has 6 heteroatoms. The summed E-state index contributed by atoms with van der Waals surface area (Å²) in [5.74, 6) is 0.895. The van der Waals surface area contributed by atoms with Crippen LogP contribution >= 0.6 is 0 Å². The van der Waals surface area contributed by atoms with Gasteiger partial charge >= 0.3 is 0 Å².